The molecule has 1 aromatic carbocycles. The van der Waals surface area contributed by atoms with Gasteiger partial charge in [0, 0.05) is 7.05 Å². The molecule has 3 N–H and O–H groups in total. The summed E-state index contributed by atoms with van der Waals surface area (Å²) in [5, 5.41) is 7.92. The van der Waals surface area contributed by atoms with Crippen LogP contribution in [0.2, 0.25) is 0 Å². The van der Waals surface area contributed by atoms with E-state index in [2.05, 4.69) is 31.7 Å². The first kappa shape index (κ1) is 14.8. The van der Waals surface area contributed by atoms with Crippen LogP contribution in [0.15, 0.2) is 22.8 Å². The number of nitrogens with one attached hydrogen (secondary N) is 1. The van der Waals surface area contributed by atoms with Gasteiger partial charge in [0.05, 0.1) is 26.0 Å². The first-order valence-corrected chi connectivity index (χ1v) is 6.64. The smallest absolute Gasteiger partial charge is 0.161 e. The highest BCUT2D eigenvalue weighted by Gasteiger charge is 2.22. The summed E-state index contributed by atoms with van der Waals surface area (Å²) in [5.41, 5.74) is 4.50. The Kier molecular flexibility index (Phi) is 4.58. The highest BCUT2D eigenvalue weighted by atomic mass is 79.9. The van der Waals surface area contributed by atoms with Crippen molar-refractivity contribution in [1.82, 2.24) is 20.4 Å². The zero-order chi connectivity index (χ0) is 14.7. The van der Waals surface area contributed by atoms with Crippen LogP contribution in [0, 0.1) is 0 Å². The lowest BCUT2D eigenvalue weighted by atomic mass is 10.0. The highest BCUT2D eigenvalue weighted by molar-refractivity contribution is 9.10. The fourth-order valence-electron chi connectivity index (χ4n) is 2.01. The Labute approximate surface area is 125 Å². The van der Waals surface area contributed by atoms with E-state index in [1.54, 1.807) is 25.9 Å². The summed E-state index contributed by atoms with van der Waals surface area (Å²) in [6.45, 7) is 0. The fourth-order valence-corrected chi connectivity index (χ4v) is 2.57. The van der Waals surface area contributed by atoms with E-state index in [0.29, 0.717) is 16.1 Å². The zero-order valence-corrected chi connectivity index (χ0v) is 13.0. The minimum Gasteiger partial charge on any atom is -0.493 e. The van der Waals surface area contributed by atoms with Gasteiger partial charge in [-0.15, -0.1) is 5.10 Å². The normalized spacial score (nSPS) is 12.2. The third-order valence-corrected chi connectivity index (χ3v) is 3.57. The van der Waals surface area contributed by atoms with E-state index in [4.69, 9.17) is 15.3 Å². The van der Waals surface area contributed by atoms with Gasteiger partial charge in [-0.1, -0.05) is 11.3 Å². The molecule has 0 aliphatic carbocycles. The number of aromatic nitrogens is 3. The molecule has 0 amide bonds. The number of aryl methyl sites for hydroxylation is 1. The van der Waals surface area contributed by atoms with Gasteiger partial charge in [0.15, 0.2) is 16.1 Å². The van der Waals surface area contributed by atoms with Crippen LogP contribution in [0.5, 0.6) is 11.5 Å². The number of hydrogen-bond donors (Lipinski definition) is 2. The molecule has 0 saturated carbocycles. The summed E-state index contributed by atoms with van der Waals surface area (Å²) >= 11 is 3.37. The van der Waals surface area contributed by atoms with E-state index >= 15 is 0 Å². The van der Waals surface area contributed by atoms with Gasteiger partial charge >= 0.3 is 0 Å². The largest absolute Gasteiger partial charge is 0.493 e. The van der Waals surface area contributed by atoms with Crippen LogP contribution < -0.4 is 20.7 Å². The molecular formula is C12H16BrN5O2. The van der Waals surface area contributed by atoms with Crippen molar-refractivity contribution in [2.75, 3.05) is 14.2 Å². The van der Waals surface area contributed by atoms with Crippen LogP contribution in [0.4, 0.5) is 0 Å². The molecular weight excluding hydrogens is 326 g/mol. The van der Waals surface area contributed by atoms with Crippen molar-refractivity contribution in [2.24, 2.45) is 12.9 Å². The lowest BCUT2D eigenvalue weighted by Crippen LogP contribution is -2.30. The van der Waals surface area contributed by atoms with Gasteiger partial charge in [-0.25, -0.2) is 10.1 Å². The number of methoxy groups -OCH3 is 2. The first-order chi connectivity index (χ1) is 9.62. The number of nitrogens with two attached hydrogens (primary N) is 1. The molecule has 8 heteroatoms. The second kappa shape index (κ2) is 6.21. The number of halogens is 1. The van der Waals surface area contributed by atoms with Crippen molar-refractivity contribution >= 4 is 15.9 Å². The molecule has 1 heterocycles. The molecule has 1 unspecified atom stereocenters. The number of nitrogens with zero attached hydrogens (tertiary/aromatic N) is 3. The van der Waals surface area contributed by atoms with Gasteiger partial charge in [-0.2, -0.15) is 0 Å². The third-order valence-electron chi connectivity index (χ3n) is 3.01. The summed E-state index contributed by atoms with van der Waals surface area (Å²) in [6, 6.07) is 5.33. The van der Waals surface area contributed by atoms with Gasteiger partial charge in [-0.05, 0) is 33.6 Å². The van der Waals surface area contributed by atoms with Crippen LogP contribution in [0.25, 0.3) is 0 Å². The van der Waals surface area contributed by atoms with E-state index < -0.39 is 0 Å². The summed E-state index contributed by atoms with van der Waals surface area (Å²) < 4.78 is 12.8. The molecule has 0 spiro atoms. The van der Waals surface area contributed by atoms with Crippen molar-refractivity contribution < 1.29 is 9.47 Å². The maximum Gasteiger partial charge on any atom is 0.161 e. The van der Waals surface area contributed by atoms with Gasteiger partial charge < -0.3 is 9.47 Å². The molecule has 0 aliphatic heterocycles. The van der Waals surface area contributed by atoms with Gasteiger partial charge in [-0.3, -0.25) is 5.84 Å². The van der Waals surface area contributed by atoms with E-state index in [0.717, 1.165) is 11.3 Å². The van der Waals surface area contributed by atoms with Crippen LogP contribution in [0.3, 0.4) is 0 Å². The average molecular weight is 342 g/mol. The highest BCUT2D eigenvalue weighted by Crippen LogP contribution is 2.33. The van der Waals surface area contributed by atoms with Crippen molar-refractivity contribution in [3.05, 3.63) is 34.1 Å². The molecule has 2 rings (SSSR count). The van der Waals surface area contributed by atoms with Crippen molar-refractivity contribution in [3.63, 3.8) is 0 Å². The number of benzene rings is 1. The molecule has 1 aromatic heterocycles. The van der Waals surface area contributed by atoms with Crippen LogP contribution in [-0.2, 0) is 7.05 Å². The Hall–Kier alpha value is -1.64. The summed E-state index contributed by atoms with van der Waals surface area (Å²) in [5.74, 6) is 6.98. The molecule has 108 valence electrons. The monoisotopic (exact) mass is 341 g/mol. The lowest BCUT2D eigenvalue weighted by molar-refractivity contribution is 0.354. The first-order valence-electron chi connectivity index (χ1n) is 5.85. The summed E-state index contributed by atoms with van der Waals surface area (Å²) in [6.07, 6.45) is 0. The quantitative estimate of drug-likeness (QED) is 0.626. The standard InChI is InChI=1S/C12H16BrN5O2/c1-18-11(12(13)16-17-18)10(15-14)7-4-5-8(19-2)9(6-7)20-3/h4-6,10,15H,14H2,1-3H3. The van der Waals surface area contributed by atoms with Gasteiger partial charge in [0.2, 0.25) is 0 Å². The van der Waals surface area contributed by atoms with E-state index in [1.165, 1.54) is 0 Å². The second-order valence-corrected chi connectivity index (χ2v) is 4.85. The SMILES string of the molecule is COc1ccc(C(NN)c2c(Br)nnn2C)cc1OC. The van der Waals surface area contributed by atoms with E-state index in [9.17, 15) is 0 Å². The molecule has 0 bridgehead atoms. The third kappa shape index (κ3) is 2.62. The van der Waals surface area contributed by atoms with Crippen LogP contribution >= 0.6 is 15.9 Å². The van der Waals surface area contributed by atoms with E-state index in [1.807, 2.05) is 18.2 Å². The Bertz CT molecular complexity index is 582. The average Bonchev–Trinajstić information content (AvgIpc) is 2.80. The van der Waals surface area contributed by atoms with Crippen molar-refractivity contribution in [1.29, 1.82) is 0 Å². The van der Waals surface area contributed by atoms with Crippen LogP contribution in [-0.4, -0.2) is 29.2 Å². The Morgan fingerprint density at radius 1 is 1.30 bits per heavy atom. The van der Waals surface area contributed by atoms with Crippen molar-refractivity contribution in [2.45, 2.75) is 6.04 Å². The lowest BCUT2D eigenvalue weighted by Gasteiger charge is -2.18. The molecule has 0 fully saturated rings. The summed E-state index contributed by atoms with van der Waals surface area (Å²) in [4.78, 5) is 0. The zero-order valence-electron chi connectivity index (χ0n) is 11.4. The Morgan fingerprint density at radius 3 is 2.50 bits per heavy atom. The predicted octanol–water partition coefficient (Wildman–Crippen LogP) is 1.15. The van der Waals surface area contributed by atoms with Crippen molar-refractivity contribution in [3.8, 4) is 11.5 Å². The van der Waals surface area contributed by atoms with Crippen LogP contribution in [0.1, 0.15) is 17.3 Å². The predicted molar refractivity (Wildman–Crippen MR) is 77.4 cm³/mol. The molecule has 0 saturated heterocycles. The minimum atomic E-state index is -0.274. The Balaban J connectivity index is 2.47. The number of hydrogen-bond acceptors (Lipinski definition) is 6. The molecule has 2 aromatic rings. The second-order valence-electron chi connectivity index (χ2n) is 4.10. The summed E-state index contributed by atoms with van der Waals surface area (Å²) in [7, 11) is 4.99. The molecule has 20 heavy (non-hydrogen) atoms. The molecule has 0 radical (unpaired) electrons. The van der Waals surface area contributed by atoms with E-state index in [-0.39, 0.29) is 6.04 Å². The maximum atomic E-state index is 5.68. The fraction of sp³-hybridized carbons (Fsp3) is 0.333. The van der Waals surface area contributed by atoms with Gasteiger partial charge in [0.25, 0.3) is 0 Å². The number of ether oxygens (including phenoxy) is 2. The molecule has 0 aliphatic rings. The number of hydrazine groups is 1. The molecule has 7 nitrogen and oxygen atoms in total. The topological polar surface area (TPSA) is 87.2 Å². The Morgan fingerprint density at radius 2 is 2.00 bits per heavy atom. The minimum absolute atomic E-state index is 0.274. The number of rotatable bonds is 5. The van der Waals surface area contributed by atoms with Gasteiger partial charge in [0.1, 0.15) is 0 Å². The maximum absolute atomic E-state index is 5.68. The molecule has 1 atom stereocenters.